The van der Waals surface area contributed by atoms with Gasteiger partial charge < -0.3 is 15.7 Å². The van der Waals surface area contributed by atoms with E-state index in [2.05, 4.69) is 10.6 Å². The fourth-order valence-electron chi connectivity index (χ4n) is 0.882. The lowest BCUT2D eigenvalue weighted by Crippen LogP contribution is -2.34. The van der Waals surface area contributed by atoms with E-state index in [1.165, 1.54) is 0 Å². The molecule has 5 nitrogen and oxygen atoms in total. The molecule has 5 heteroatoms. The first-order valence-electron chi connectivity index (χ1n) is 2.94. The Bertz CT molecular complexity index is 168. The number of carbonyl (C=O) groups excluding carboxylic acids is 1. The lowest BCUT2D eigenvalue weighted by atomic mass is 10.3. The van der Waals surface area contributed by atoms with Gasteiger partial charge in [-0.15, -0.1) is 0 Å². The van der Waals surface area contributed by atoms with Crippen LogP contribution in [0.1, 0.15) is 6.42 Å². The predicted molar refractivity (Wildman–Crippen MR) is 32.6 cm³/mol. The van der Waals surface area contributed by atoms with Crippen molar-refractivity contribution in [1.29, 1.82) is 0 Å². The summed E-state index contributed by atoms with van der Waals surface area (Å²) >= 11 is 0. The van der Waals surface area contributed by atoms with Crippen LogP contribution in [0.15, 0.2) is 0 Å². The van der Waals surface area contributed by atoms with Crippen LogP contribution in [-0.2, 0) is 4.79 Å². The SMILES string of the molecule is O=C(O)NC1CNC(=O)C1. The van der Waals surface area contributed by atoms with Crippen molar-refractivity contribution < 1.29 is 14.7 Å². The highest BCUT2D eigenvalue weighted by molar-refractivity contribution is 5.80. The zero-order valence-electron chi connectivity index (χ0n) is 5.26. The van der Waals surface area contributed by atoms with Crippen molar-refractivity contribution in [2.45, 2.75) is 12.5 Å². The maximum Gasteiger partial charge on any atom is 0.404 e. The Kier molecular flexibility index (Phi) is 1.75. The summed E-state index contributed by atoms with van der Waals surface area (Å²) in [6, 6.07) is -0.245. The molecule has 0 saturated carbocycles. The van der Waals surface area contributed by atoms with Crippen molar-refractivity contribution in [3.05, 3.63) is 0 Å². The van der Waals surface area contributed by atoms with Gasteiger partial charge in [-0.05, 0) is 0 Å². The molecule has 0 aromatic heterocycles. The molecular formula is C5H8N2O3. The predicted octanol–water partition coefficient (Wildman–Crippen LogP) is -0.858. The van der Waals surface area contributed by atoms with Gasteiger partial charge in [0.25, 0.3) is 0 Å². The van der Waals surface area contributed by atoms with Gasteiger partial charge in [0.05, 0.1) is 6.04 Å². The van der Waals surface area contributed by atoms with Crippen LogP contribution in [0.3, 0.4) is 0 Å². The van der Waals surface area contributed by atoms with E-state index < -0.39 is 6.09 Å². The molecule has 1 atom stereocenters. The van der Waals surface area contributed by atoms with Gasteiger partial charge in [-0.25, -0.2) is 4.79 Å². The summed E-state index contributed by atoms with van der Waals surface area (Å²) in [5, 5.41) is 12.9. The number of hydrogen-bond donors (Lipinski definition) is 3. The number of carbonyl (C=O) groups is 2. The van der Waals surface area contributed by atoms with Crippen molar-refractivity contribution >= 4 is 12.0 Å². The van der Waals surface area contributed by atoms with Crippen LogP contribution in [0, 0.1) is 0 Å². The number of carboxylic acid groups (broad SMARTS) is 1. The molecule has 1 heterocycles. The summed E-state index contributed by atoms with van der Waals surface area (Å²) < 4.78 is 0. The molecule has 1 aliphatic rings. The topological polar surface area (TPSA) is 78.4 Å². The smallest absolute Gasteiger partial charge is 0.404 e. The molecule has 1 unspecified atom stereocenters. The maximum atomic E-state index is 10.5. The van der Waals surface area contributed by atoms with E-state index in [0.717, 1.165) is 0 Å². The molecule has 0 aliphatic carbocycles. The van der Waals surface area contributed by atoms with Gasteiger partial charge in [0.1, 0.15) is 0 Å². The summed E-state index contributed by atoms with van der Waals surface area (Å²) in [5.74, 6) is -0.0984. The summed E-state index contributed by atoms with van der Waals surface area (Å²) in [5.41, 5.74) is 0. The van der Waals surface area contributed by atoms with Gasteiger partial charge in [0, 0.05) is 13.0 Å². The lowest BCUT2D eigenvalue weighted by Gasteiger charge is -2.04. The molecule has 0 aromatic carbocycles. The highest BCUT2D eigenvalue weighted by Crippen LogP contribution is 1.97. The van der Waals surface area contributed by atoms with Crippen LogP contribution >= 0.6 is 0 Å². The summed E-state index contributed by atoms with van der Waals surface area (Å²) in [4.78, 5) is 20.5. The first-order valence-corrected chi connectivity index (χ1v) is 2.94. The number of rotatable bonds is 1. The minimum atomic E-state index is -1.08. The maximum absolute atomic E-state index is 10.5. The molecule has 1 fully saturated rings. The average molecular weight is 144 g/mol. The molecule has 1 saturated heterocycles. The molecule has 0 aromatic rings. The molecule has 0 bridgehead atoms. The largest absolute Gasteiger partial charge is 0.465 e. The average Bonchev–Trinajstić information content (AvgIpc) is 2.13. The van der Waals surface area contributed by atoms with Gasteiger partial charge in [-0.1, -0.05) is 0 Å². The van der Waals surface area contributed by atoms with Crippen LogP contribution in [-0.4, -0.2) is 29.7 Å². The van der Waals surface area contributed by atoms with E-state index in [0.29, 0.717) is 6.54 Å². The van der Waals surface area contributed by atoms with Crippen molar-refractivity contribution in [3.8, 4) is 0 Å². The van der Waals surface area contributed by atoms with Gasteiger partial charge in [-0.2, -0.15) is 0 Å². The third-order valence-corrected chi connectivity index (χ3v) is 1.31. The second-order valence-corrected chi connectivity index (χ2v) is 2.15. The lowest BCUT2D eigenvalue weighted by molar-refractivity contribution is -0.119. The molecule has 0 spiro atoms. The highest BCUT2D eigenvalue weighted by Gasteiger charge is 2.22. The zero-order valence-corrected chi connectivity index (χ0v) is 5.26. The third-order valence-electron chi connectivity index (χ3n) is 1.31. The van der Waals surface area contributed by atoms with Crippen molar-refractivity contribution in [2.24, 2.45) is 0 Å². The third kappa shape index (κ3) is 1.61. The number of hydrogen-bond acceptors (Lipinski definition) is 2. The molecule has 1 aliphatic heterocycles. The van der Waals surface area contributed by atoms with Gasteiger partial charge in [-0.3, -0.25) is 4.79 Å². The second kappa shape index (κ2) is 2.55. The Morgan fingerprint density at radius 2 is 2.50 bits per heavy atom. The fourth-order valence-corrected chi connectivity index (χ4v) is 0.882. The monoisotopic (exact) mass is 144 g/mol. The van der Waals surface area contributed by atoms with Crippen LogP contribution in [0.5, 0.6) is 0 Å². The van der Waals surface area contributed by atoms with E-state index in [1.54, 1.807) is 0 Å². The minimum absolute atomic E-state index is 0.0984. The van der Waals surface area contributed by atoms with Crippen LogP contribution in [0.4, 0.5) is 4.79 Å². The normalized spacial score (nSPS) is 24.0. The summed E-state index contributed by atoms with van der Waals surface area (Å²) in [7, 11) is 0. The van der Waals surface area contributed by atoms with E-state index in [4.69, 9.17) is 5.11 Å². The van der Waals surface area contributed by atoms with Crippen LogP contribution in [0.25, 0.3) is 0 Å². The van der Waals surface area contributed by atoms with Crippen LogP contribution < -0.4 is 10.6 Å². The molecular weight excluding hydrogens is 136 g/mol. The Morgan fingerprint density at radius 1 is 1.80 bits per heavy atom. The van der Waals surface area contributed by atoms with E-state index in [-0.39, 0.29) is 18.4 Å². The fraction of sp³-hybridized carbons (Fsp3) is 0.600. The number of nitrogens with one attached hydrogen (secondary N) is 2. The van der Waals surface area contributed by atoms with Gasteiger partial charge in [0.15, 0.2) is 0 Å². The Morgan fingerprint density at radius 3 is 2.90 bits per heavy atom. The highest BCUT2D eigenvalue weighted by atomic mass is 16.4. The minimum Gasteiger partial charge on any atom is -0.465 e. The molecule has 2 amide bonds. The molecule has 3 N–H and O–H groups in total. The Hall–Kier alpha value is -1.26. The Labute approximate surface area is 57.4 Å². The zero-order chi connectivity index (χ0) is 7.56. The van der Waals surface area contributed by atoms with Crippen molar-refractivity contribution in [2.75, 3.05) is 6.54 Å². The van der Waals surface area contributed by atoms with E-state index in [1.807, 2.05) is 0 Å². The standard InChI is InChI=1S/C5H8N2O3/c8-4-1-3(2-6-4)7-5(9)10/h3,7H,1-2H2,(H,6,8)(H,9,10). The van der Waals surface area contributed by atoms with E-state index in [9.17, 15) is 9.59 Å². The molecule has 10 heavy (non-hydrogen) atoms. The summed E-state index contributed by atoms with van der Waals surface area (Å²) in [6.07, 6.45) is -0.826. The molecule has 56 valence electrons. The van der Waals surface area contributed by atoms with E-state index >= 15 is 0 Å². The van der Waals surface area contributed by atoms with Crippen molar-refractivity contribution in [3.63, 3.8) is 0 Å². The first-order chi connectivity index (χ1) is 4.68. The number of amides is 2. The second-order valence-electron chi connectivity index (χ2n) is 2.15. The van der Waals surface area contributed by atoms with Crippen molar-refractivity contribution in [1.82, 2.24) is 10.6 Å². The molecule has 1 rings (SSSR count). The summed E-state index contributed by atoms with van der Waals surface area (Å²) in [6.45, 7) is 0.408. The molecule has 0 radical (unpaired) electrons. The first kappa shape index (κ1) is 6.85. The van der Waals surface area contributed by atoms with Gasteiger partial charge >= 0.3 is 6.09 Å². The quantitative estimate of drug-likeness (QED) is 0.448. The Balaban J connectivity index is 2.31. The van der Waals surface area contributed by atoms with Crippen LogP contribution in [0.2, 0.25) is 0 Å². The van der Waals surface area contributed by atoms with Gasteiger partial charge in [0.2, 0.25) is 5.91 Å².